The molecule has 2 rings (SSSR count). The Labute approximate surface area is 155 Å². The number of rotatable bonds is 5. The van der Waals surface area contributed by atoms with Crippen molar-refractivity contribution in [2.24, 2.45) is 0 Å². The van der Waals surface area contributed by atoms with Crippen molar-refractivity contribution >= 4 is 40.8 Å². The maximum Gasteiger partial charge on any atom is 0.338 e. The van der Waals surface area contributed by atoms with Crippen LogP contribution in [-0.4, -0.2) is 25.1 Å². The second-order valence-electron chi connectivity index (χ2n) is 5.35. The van der Waals surface area contributed by atoms with Gasteiger partial charge in [-0.15, -0.1) is 0 Å². The number of carbonyl (C=O) groups excluding carboxylic acids is 2. The molecule has 132 valence electrons. The molecule has 0 saturated heterocycles. The molecule has 0 bridgehead atoms. The molecular weight excluding hydrogens is 365 g/mol. The van der Waals surface area contributed by atoms with E-state index in [9.17, 15) is 9.59 Å². The molecular formula is C18H17Cl2NO4. The Bertz CT molecular complexity index is 808. The number of hydrogen-bond acceptors (Lipinski definition) is 4. The van der Waals surface area contributed by atoms with Gasteiger partial charge >= 0.3 is 5.97 Å². The predicted octanol–water partition coefficient (Wildman–Crippen LogP) is 4.49. The number of ether oxygens (including phenoxy) is 2. The molecule has 1 N–H and O–H groups in total. The van der Waals surface area contributed by atoms with Gasteiger partial charge in [-0.05, 0) is 43.7 Å². The zero-order chi connectivity index (χ0) is 18.6. The fraction of sp³-hybridized carbons (Fsp3) is 0.222. The van der Waals surface area contributed by atoms with E-state index in [2.05, 4.69) is 5.32 Å². The quantitative estimate of drug-likeness (QED) is 0.774. The number of benzene rings is 2. The van der Waals surface area contributed by atoms with E-state index in [4.69, 9.17) is 32.7 Å². The van der Waals surface area contributed by atoms with Gasteiger partial charge in [0.1, 0.15) is 5.75 Å². The van der Waals surface area contributed by atoms with Crippen LogP contribution in [0, 0.1) is 6.92 Å². The molecule has 0 spiro atoms. The number of anilines is 1. The molecule has 25 heavy (non-hydrogen) atoms. The number of amides is 1. The average Bonchev–Trinajstić information content (AvgIpc) is 2.57. The molecule has 2 aromatic carbocycles. The Morgan fingerprint density at radius 2 is 1.88 bits per heavy atom. The number of hydrogen-bond donors (Lipinski definition) is 1. The fourth-order valence-electron chi connectivity index (χ4n) is 2.06. The summed E-state index contributed by atoms with van der Waals surface area (Å²) in [4.78, 5) is 24.4. The van der Waals surface area contributed by atoms with Gasteiger partial charge in [-0.2, -0.15) is 0 Å². The van der Waals surface area contributed by atoms with Crippen molar-refractivity contribution in [3.8, 4) is 5.75 Å². The van der Waals surface area contributed by atoms with Gasteiger partial charge in [0.2, 0.25) is 0 Å². The third-order valence-corrected chi connectivity index (χ3v) is 4.09. The van der Waals surface area contributed by atoms with Gasteiger partial charge in [-0.25, -0.2) is 4.79 Å². The summed E-state index contributed by atoms with van der Waals surface area (Å²) in [5, 5.41) is 3.61. The van der Waals surface area contributed by atoms with Gasteiger partial charge in [-0.1, -0.05) is 29.3 Å². The second-order valence-corrected chi connectivity index (χ2v) is 6.19. The number of nitrogens with one attached hydrogen (secondary N) is 1. The Balaban J connectivity index is 2.08. The molecule has 2 aromatic rings. The Kier molecular flexibility index (Phi) is 6.28. The largest absolute Gasteiger partial charge is 0.495 e. The number of aryl methyl sites for hydroxylation is 1. The third kappa shape index (κ3) is 4.87. The summed E-state index contributed by atoms with van der Waals surface area (Å²) in [6.07, 6.45) is -1.01. The molecule has 0 saturated carbocycles. The van der Waals surface area contributed by atoms with Crippen LogP contribution < -0.4 is 10.1 Å². The molecule has 0 radical (unpaired) electrons. The molecule has 0 aliphatic rings. The summed E-state index contributed by atoms with van der Waals surface area (Å²) in [6.45, 7) is 3.28. The first-order valence-corrected chi connectivity index (χ1v) is 8.19. The lowest BCUT2D eigenvalue weighted by atomic mass is 10.2. The van der Waals surface area contributed by atoms with Crippen molar-refractivity contribution in [1.29, 1.82) is 0 Å². The minimum Gasteiger partial charge on any atom is -0.495 e. The summed E-state index contributed by atoms with van der Waals surface area (Å²) < 4.78 is 10.4. The molecule has 0 aliphatic heterocycles. The smallest absolute Gasteiger partial charge is 0.338 e. The zero-order valence-electron chi connectivity index (χ0n) is 13.9. The van der Waals surface area contributed by atoms with Crippen LogP contribution in [0.25, 0.3) is 0 Å². The van der Waals surface area contributed by atoms with Gasteiger partial charge in [0.15, 0.2) is 6.10 Å². The molecule has 0 aliphatic carbocycles. The van der Waals surface area contributed by atoms with Crippen LogP contribution >= 0.6 is 23.2 Å². The molecule has 1 unspecified atom stereocenters. The van der Waals surface area contributed by atoms with E-state index in [-0.39, 0.29) is 5.56 Å². The van der Waals surface area contributed by atoms with Crippen LogP contribution in [0.3, 0.4) is 0 Å². The minimum absolute atomic E-state index is 0.270. The molecule has 0 fully saturated rings. The van der Waals surface area contributed by atoms with Crippen molar-refractivity contribution in [3.05, 3.63) is 57.6 Å². The lowest BCUT2D eigenvalue weighted by Crippen LogP contribution is -2.30. The number of halogens is 2. The van der Waals surface area contributed by atoms with Gasteiger partial charge in [0, 0.05) is 16.1 Å². The van der Waals surface area contributed by atoms with E-state index in [1.54, 1.807) is 37.3 Å². The van der Waals surface area contributed by atoms with Crippen LogP contribution in [0.15, 0.2) is 36.4 Å². The standard InChI is InChI=1S/C18H17Cl2NO4/c1-10-7-15(16(24-3)9-14(10)20)21-17(22)11(2)25-18(23)12-5-4-6-13(19)8-12/h4-9,11H,1-3H3,(H,21,22). The summed E-state index contributed by atoms with van der Waals surface area (Å²) in [7, 11) is 1.47. The van der Waals surface area contributed by atoms with Crippen LogP contribution in [0.4, 0.5) is 5.69 Å². The summed E-state index contributed by atoms with van der Waals surface area (Å²) in [5.41, 5.74) is 1.49. The van der Waals surface area contributed by atoms with Crippen LogP contribution in [0.5, 0.6) is 5.75 Å². The molecule has 0 aromatic heterocycles. The third-order valence-electron chi connectivity index (χ3n) is 3.45. The minimum atomic E-state index is -1.01. The van der Waals surface area contributed by atoms with E-state index >= 15 is 0 Å². The monoisotopic (exact) mass is 381 g/mol. The molecule has 7 heteroatoms. The van der Waals surface area contributed by atoms with Crippen molar-refractivity contribution in [3.63, 3.8) is 0 Å². The van der Waals surface area contributed by atoms with Crippen molar-refractivity contribution in [1.82, 2.24) is 0 Å². The highest BCUT2D eigenvalue weighted by Crippen LogP contribution is 2.31. The highest BCUT2D eigenvalue weighted by molar-refractivity contribution is 6.31. The van der Waals surface area contributed by atoms with Gasteiger partial charge in [0.05, 0.1) is 18.4 Å². The van der Waals surface area contributed by atoms with Crippen molar-refractivity contribution in [2.75, 3.05) is 12.4 Å². The Morgan fingerprint density at radius 3 is 2.52 bits per heavy atom. The summed E-state index contributed by atoms with van der Waals surface area (Å²) >= 11 is 11.9. The van der Waals surface area contributed by atoms with E-state index in [1.165, 1.54) is 20.1 Å². The van der Waals surface area contributed by atoms with E-state index < -0.39 is 18.0 Å². The number of methoxy groups -OCH3 is 1. The van der Waals surface area contributed by atoms with E-state index in [0.29, 0.717) is 21.5 Å². The Morgan fingerprint density at radius 1 is 1.16 bits per heavy atom. The fourth-order valence-corrected chi connectivity index (χ4v) is 2.41. The molecule has 5 nitrogen and oxygen atoms in total. The molecule has 1 atom stereocenters. The normalized spacial score (nSPS) is 11.6. The van der Waals surface area contributed by atoms with Crippen LogP contribution in [0.2, 0.25) is 10.0 Å². The lowest BCUT2D eigenvalue weighted by Gasteiger charge is -2.16. The summed E-state index contributed by atoms with van der Waals surface area (Å²) in [5.74, 6) is -0.711. The SMILES string of the molecule is COc1cc(Cl)c(C)cc1NC(=O)C(C)OC(=O)c1cccc(Cl)c1. The van der Waals surface area contributed by atoms with Crippen molar-refractivity contribution in [2.45, 2.75) is 20.0 Å². The van der Waals surface area contributed by atoms with Crippen molar-refractivity contribution < 1.29 is 19.1 Å². The number of esters is 1. The maximum atomic E-state index is 12.3. The topological polar surface area (TPSA) is 64.6 Å². The molecule has 1 amide bonds. The van der Waals surface area contributed by atoms with E-state index in [1.807, 2.05) is 0 Å². The Hall–Kier alpha value is -2.24. The maximum absolute atomic E-state index is 12.3. The van der Waals surface area contributed by atoms with Crippen LogP contribution in [-0.2, 0) is 9.53 Å². The highest BCUT2D eigenvalue weighted by Gasteiger charge is 2.20. The second kappa shape index (κ2) is 8.23. The lowest BCUT2D eigenvalue weighted by molar-refractivity contribution is -0.123. The van der Waals surface area contributed by atoms with Gasteiger partial charge in [-0.3, -0.25) is 4.79 Å². The van der Waals surface area contributed by atoms with Gasteiger partial charge < -0.3 is 14.8 Å². The summed E-state index contributed by atoms with van der Waals surface area (Å²) in [6, 6.07) is 9.60. The first kappa shape index (κ1) is 19.1. The first-order chi connectivity index (χ1) is 11.8. The first-order valence-electron chi connectivity index (χ1n) is 7.43. The van der Waals surface area contributed by atoms with E-state index in [0.717, 1.165) is 5.56 Å². The predicted molar refractivity (Wildman–Crippen MR) is 97.7 cm³/mol. The number of carbonyl (C=O) groups is 2. The molecule has 0 heterocycles. The highest BCUT2D eigenvalue weighted by atomic mass is 35.5. The average molecular weight is 382 g/mol. The van der Waals surface area contributed by atoms with Crippen LogP contribution in [0.1, 0.15) is 22.8 Å². The zero-order valence-corrected chi connectivity index (χ0v) is 15.4. The van der Waals surface area contributed by atoms with Gasteiger partial charge in [0.25, 0.3) is 5.91 Å².